The molecule has 0 aliphatic heterocycles. The molecule has 0 spiro atoms. The first-order chi connectivity index (χ1) is 9.36. The van der Waals surface area contributed by atoms with Crippen LogP contribution in [0.1, 0.15) is 23.1 Å². The first-order valence-electron chi connectivity index (χ1n) is 6.81. The molecule has 0 aliphatic rings. The van der Waals surface area contributed by atoms with Gasteiger partial charge in [0.1, 0.15) is 0 Å². The molecular formula is C13H25N3O2S2. The van der Waals surface area contributed by atoms with Crippen LogP contribution in [0.25, 0.3) is 0 Å². The van der Waals surface area contributed by atoms with E-state index in [2.05, 4.69) is 17.0 Å². The lowest BCUT2D eigenvalue weighted by atomic mass is 10.4. The van der Waals surface area contributed by atoms with Gasteiger partial charge in [-0.3, -0.25) is 0 Å². The Morgan fingerprint density at radius 3 is 2.60 bits per heavy atom. The van der Waals surface area contributed by atoms with Crippen molar-refractivity contribution in [1.82, 2.24) is 14.9 Å². The SMILES string of the molecule is CCCNCc1cc(S(=O)(=O)NCCN(C)C)c(C)s1. The Hall–Kier alpha value is -0.470. The molecule has 0 saturated heterocycles. The van der Waals surface area contributed by atoms with E-state index in [0.29, 0.717) is 18.0 Å². The number of hydrogen-bond donors (Lipinski definition) is 2. The van der Waals surface area contributed by atoms with Gasteiger partial charge in [0.05, 0.1) is 4.90 Å². The number of likely N-dealkylation sites (N-methyl/N-ethyl adjacent to an activating group) is 1. The van der Waals surface area contributed by atoms with Crippen molar-refractivity contribution in [3.63, 3.8) is 0 Å². The van der Waals surface area contributed by atoms with Crippen LogP contribution in [0, 0.1) is 6.92 Å². The zero-order valence-corrected chi connectivity index (χ0v) is 14.3. The van der Waals surface area contributed by atoms with Crippen molar-refractivity contribution >= 4 is 21.4 Å². The van der Waals surface area contributed by atoms with Gasteiger partial charge in [0.15, 0.2) is 0 Å². The predicted octanol–water partition coefficient (Wildman–Crippen LogP) is 1.40. The van der Waals surface area contributed by atoms with E-state index < -0.39 is 10.0 Å². The van der Waals surface area contributed by atoms with Crippen LogP contribution in [0.3, 0.4) is 0 Å². The summed E-state index contributed by atoms with van der Waals surface area (Å²) in [4.78, 5) is 4.26. The van der Waals surface area contributed by atoms with Gasteiger partial charge in [0.25, 0.3) is 0 Å². The van der Waals surface area contributed by atoms with E-state index in [1.54, 1.807) is 6.07 Å². The third-order valence-electron chi connectivity index (χ3n) is 2.79. The molecule has 1 aromatic heterocycles. The second-order valence-corrected chi connectivity index (χ2v) is 8.09. The molecule has 0 bridgehead atoms. The highest BCUT2D eigenvalue weighted by Crippen LogP contribution is 2.25. The van der Waals surface area contributed by atoms with E-state index in [9.17, 15) is 8.42 Å². The van der Waals surface area contributed by atoms with Crippen molar-refractivity contribution in [2.75, 3.05) is 33.7 Å². The first-order valence-corrected chi connectivity index (χ1v) is 9.11. The minimum atomic E-state index is -3.39. The van der Waals surface area contributed by atoms with Crippen molar-refractivity contribution < 1.29 is 8.42 Å². The van der Waals surface area contributed by atoms with Gasteiger partial charge in [0, 0.05) is 29.4 Å². The van der Waals surface area contributed by atoms with E-state index in [4.69, 9.17) is 0 Å². The predicted molar refractivity (Wildman–Crippen MR) is 84.8 cm³/mol. The van der Waals surface area contributed by atoms with Crippen LogP contribution in [0.4, 0.5) is 0 Å². The maximum atomic E-state index is 12.2. The highest BCUT2D eigenvalue weighted by Gasteiger charge is 2.19. The molecule has 0 aliphatic carbocycles. The summed E-state index contributed by atoms with van der Waals surface area (Å²) in [7, 11) is 0.446. The summed E-state index contributed by atoms with van der Waals surface area (Å²) in [6, 6.07) is 1.78. The van der Waals surface area contributed by atoms with Crippen LogP contribution in [-0.4, -0.2) is 47.0 Å². The van der Waals surface area contributed by atoms with Gasteiger partial charge in [0.2, 0.25) is 10.0 Å². The van der Waals surface area contributed by atoms with Crippen molar-refractivity contribution in [3.8, 4) is 0 Å². The fraction of sp³-hybridized carbons (Fsp3) is 0.692. The van der Waals surface area contributed by atoms with E-state index in [1.807, 2.05) is 25.9 Å². The van der Waals surface area contributed by atoms with Crippen LogP contribution < -0.4 is 10.0 Å². The summed E-state index contributed by atoms with van der Waals surface area (Å²) in [5.41, 5.74) is 0. The van der Waals surface area contributed by atoms with E-state index in [1.165, 1.54) is 11.3 Å². The molecule has 0 saturated carbocycles. The molecule has 5 nitrogen and oxygen atoms in total. The minimum Gasteiger partial charge on any atom is -0.312 e. The lowest BCUT2D eigenvalue weighted by Crippen LogP contribution is -2.31. The van der Waals surface area contributed by atoms with Crippen LogP contribution in [-0.2, 0) is 16.6 Å². The quantitative estimate of drug-likeness (QED) is 0.675. The third-order valence-corrected chi connectivity index (χ3v) is 5.56. The molecule has 0 aromatic carbocycles. The van der Waals surface area contributed by atoms with Gasteiger partial charge in [-0.25, -0.2) is 13.1 Å². The summed E-state index contributed by atoms with van der Waals surface area (Å²) < 4.78 is 27.1. The van der Waals surface area contributed by atoms with E-state index >= 15 is 0 Å². The molecule has 0 atom stereocenters. The summed E-state index contributed by atoms with van der Waals surface area (Å²) in [5, 5.41) is 3.29. The van der Waals surface area contributed by atoms with E-state index in [0.717, 1.165) is 29.3 Å². The fourth-order valence-electron chi connectivity index (χ4n) is 1.75. The van der Waals surface area contributed by atoms with Gasteiger partial charge in [-0.05, 0) is 40.1 Å². The third kappa shape index (κ3) is 5.49. The number of aryl methyl sites for hydroxylation is 1. The number of hydrogen-bond acceptors (Lipinski definition) is 5. The molecule has 1 heterocycles. The van der Waals surface area contributed by atoms with Crippen molar-refractivity contribution in [2.45, 2.75) is 31.7 Å². The lowest BCUT2D eigenvalue weighted by Gasteiger charge is -2.10. The van der Waals surface area contributed by atoms with Crippen molar-refractivity contribution in [3.05, 3.63) is 15.8 Å². The first kappa shape index (κ1) is 17.6. The average molecular weight is 319 g/mol. The van der Waals surface area contributed by atoms with Gasteiger partial charge < -0.3 is 10.2 Å². The molecular weight excluding hydrogens is 294 g/mol. The monoisotopic (exact) mass is 319 g/mol. The zero-order valence-electron chi connectivity index (χ0n) is 12.7. The number of nitrogens with zero attached hydrogens (tertiary/aromatic N) is 1. The van der Waals surface area contributed by atoms with Gasteiger partial charge >= 0.3 is 0 Å². The molecule has 0 fully saturated rings. The number of nitrogens with one attached hydrogen (secondary N) is 2. The van der Waals surface area contributed by atoms with Crippen LogP contribution in [0.15, 0.2) is 11.0 Å². The van der Waals surface area contributed by atoms with Gasteiger partial charge in [-0.1, -0.05) is 6.92 Å². The van der Waals surface area contributed by atoms with Crippen LogP contribution >= 0.6 is 11.3 Å². The Morgan fingerprint density at radius 2 is 2.00 bits per heavy atom. The van der Waals surface area contributed by atoms with Crippen molar-refractivity contribution in [2.24, 2.45) is 0 Å². The average Bonchev–Trinajstić information content (AvgIpc) is 2.71. The summed E-state index contributed by atoms with van der Waals surface area (Å²) in [6.45, 7) is 6.75. The molecule has 20 heavy (non-hydrogen) atoms. The Labute approximate surface area is 126 Å². The normalized spacial score (nSPS) is 12.2. The molecule has 1 aromatic rings. The molecule has 0 unspecified atom stereocenters. The van der Waals surface area contributed by atoms with Crippen LogP contribution in [0.5, 0.6) is 0 Å². The fourth-order valence-corrected chi connectivity index (χ4v) is 4.37. The molecule has 2 N–H and O–H groups in total. The maximum Gasteiger partial charge on any atom is 0.241 e. The Morgan fingerprint density at radius 1 is 1.30 bits per heavy atom. The zero-order chi connectivity index (χ0) is 15.2. The molecule has 0 amide bonds. The largest absolute Gasteiger partial charge is 0.312 e. The Kier molecular flexibility index (Phi) is 7.11. The number of sulfonamides is 1. The standard InChI is InChI=1S/C13H25N3O2S2/c1-5-6-14-10-12-9-13(11(2)19-12)20(17,18)15-7-8-16(3)4/h9,14-15H,5-8,10H2,1-4H3. The Bertz CT molecular complexity index is 510. The Balaban J connectivity index is 2.69. The van der Waals surface area contributed by atoms with Crippen LogP contribution in [0.2, 0.25) is 0 Å². The molecule has 1 rings (SSSR count). The summed E-state index contributed by atoms with van der Waals surface area (Å²) in [6.07, 6.45) is 1.07. The second kappa shape index (κ2) is 8.09. The molecule has 0 radical (unpaired) electrons. The molecule has 116 valence electrons. The second-order valence-electron chi connectivity index (χ2n) is 5.01. The minimum absolute atomic E-state index is 0.412. The molecule has 7 heteroatoms. The number of thiophene rings is 1. The van der Waals surface area contributed by atoms with Crippen molar-refractivity contribution in [1.29, 1.82) is 0 Å². The maximum absolute atomic E-state index is 12.2. The highest BCUT2D eigenvalue weighted by molar-refractivity contribution is 7.89. The van der Waals surface area contributed by atoms with Gasteiger partial charge in [-0.15, -0.1) is 11.3 Å². The van der Waals surface area contributed by atoms with E-state index in [-0.39, 0.29) is 0 Å². The number of rotatable bonds is 9. The lowest BCUT2D eigenvalue weighted by molar-refractivity contribution is 0.412. The summed E-state index contributed by atoms with van der Waals surface area (Å²) >= 11 is 1.54. The topological polar surface area (TPSA) is 61.4 Å². The summed E-state index contributed by atoms with van der Waals surface area (Å²) in [5.74, 6) is 0. The highest BCUT2D eigenvalue weighted by atomic mass is 32.2. The van der Waals surface area contributed by atoms with Gasteiger partial charge in [-0.2, -0.15) is 0 Å². The smallest absolute Gasteiger partial charge is 0.241 e.